The fraction of sp³-hybridized carbons (Fsp3) is 0.257. The van der Waals surface area contributed by atoms with Crippen LogP contribution in [-0.4, -0.2) is 48.5 Å². The van der Waals surface area contributed by atoms with Crippen LogP contribution in [0, 0.1) is 5.92 Å². The number of benzene rings is 4. The number of hydrogen-bond donors (Lipinski definition) is 1. The Morgan fingerprint density at radius 1 is 0.756 bits per heavy atom. The van der Waals surface area contributed by atoms with Crippen molar-refractivity contribution in [2.24, 2.45) is 5.92 Å². The average molecular weight is 548 g/mol. The Kier molecular flexibility index (Phi) is 7.83. The van der Waals surface area contributed by atoms with Crippen LogP contribution in [0.2, 0.25) is 0 Å². The van der Waals surface area contributed by atoms with Crippen LogP contribution in [0.3, 0.4) is 0 Å². The number of fused-ring (bicyclic) bond motifs is 3. The molecule has 3 aliphatic heterocycles. The molecule has 6 nitrogen and oxygen atoms in total. The lowest BCUT2D eigenvalue weighted by molar-refractivity contribution is -0.938. The Labute approximate surface area is 241 Å². The summed E-state index contributed by atoms with van der Waals surface area (Å²) in [7, 11) is 0. The third kappa shape index (κ3) is 6.34. The highest BCUT2D eigenvalue weighted by Gasteiger charge is 2.49. The highest BCUT2D eigenvalue weighted by atomic mass is 16.5. The van der Waals surface area contributed by atoms with Crippen LogP contribution >= 0.6 is 0 Å². The minimum absolute atomic E-state index is 0.106. The lowest BCUT2D eigenvalue weighted by Gasteiger charge is -2.51. The molecular weight excluding hydrogens is 512 g/mol. The molecule has 1 unspecified atom stereocenters. The first-order valence-electron chi connectivity index (χ1n) is 14.4. The quantitative estimate of drug-likeness (QED) is 0.137. The summed E-state index contributed by atoms with van der Waals surface area (Å²) in [6.07, 6.45) is 1.71. The van der Waals surface area contributed by atoms with Gasteiger partial charge in [-0.2, -0.15) is 0 Å². The Morgan fingerprint density at radius 2 is 1.34 bits per heavy atom. The van der Waals surface area contributed by atoms with Gasteiger partial charge in [0.2, 0.25) is 5.78 Å². The summed E-state index contributed by atoms with van der Waals surface area (Å²) < 4.78 is 12.8. The number of ketones is 1. The molecule has 0 aromatic heterocycles. The van der Waals surface area contributed by atoms with Gasteiger partial charge in [0.25, 0.3) is 0 Å². The average Bonchev–Trinajstić information content (AvgIpc) is 3.02. The second kappa shape index (κ2) is 12.0. The molecule has 6 heteroatoms. The number of Topliss-reactive ketones (excluding diaryl/α,β-unsaturated/α-hetero) is 1. The minimum atomic E-state index is -0.610. The van der Waals surface area contributed by atoms with Crippen molar-refractivity contribution < 1.29 is 23.5 Å². The second-order valence-electron chi connectivity index (χ2n) is 11.2. The molecule has 7 rings (SSSR count). The summed E-state index contributed by atoms with van der Waals surface area (Å²) >= 11 is 0. The Hall–Kier alpha value is -4.42. The molecular formula is C35H35N2O4+. The van der Waals surface area contributed by atoms with E-state index in [0.717, 1.165) is 42.9 Å². The van der Waals surface area contributed by atoms with Crippen molar-refractivity contribution in [2.75, 3.05) is 31.5 Å². The third-order valence-corrected chi connectivity index (χ3v) is 8.40. The predicted molar refractivity (Wildman–Crippen MR) is 159 cm³/mol. The van der Waals surface area contributed by atoms with Gasteiger partial charge in [-0.1, -0.05) is 66.7 Å². The summed E-state index contributed by atoms with van der Waals surface area (Å²) in [5, 5.41) is 3.37. The van der Waals surface area contributed by atoms with Crippen molar-refractivity contribution in [2.45, 2.75) is 25.0 Å². The standard InChI is InChI=1S/C35H35N2O4/c38-32(26-16-18-31(19-17-26)40-30-14-8-3-9-15-30)24-37-22-20-27(21-23-37)33(25-37)41-35(39)34(28-10-4-1-5-11-28)36-29-12-6-2-7-13-29/h1-19,27,33-34,36H,20-25H2/q+1/t27?,33?,34-,37?/m1/s1. The van der Waals surface area contributed by atoms with Gasteiger partial charge in [-0.05, 0) is 54.1 Å². The number of carbonyl (C=O) groups is 2. The van der Waals surface area contributed by atoms with Gasteiger partial charge in [0, 0.05) is 30.0 Å². The van der Waals surface area contributed by atoms with E-state index in [1.165, 1.54) is 0 Å². The van der Waals surface area contributed by atoms with Gasteiger partial charge in [0.05, 0.1) is 13.1 Å². The number of carbonyl (C=O) groups excluding carboxylic acids is 2. The SMILES string of the molecule is O=C(C[N+]12CCC(CC1)C(OC(=O)[C@H](Nc1ccccc1)c1ccccc1)C2)c1ccc(Oc2ccccc2)cc1. The van der Waals surface area contributed by atoms with Crippen molar-refractivity contribution in [3.63, 3.8) is 0 Å². The van der Waals surface area contributed by atoms with Gasteiger partial charge in [-0.25, -0.2) is 4.79 Å². The molecule has 208 valence electrons. The smallest absolute Gasteiger partial charge is 0.333 e. The number of rotatable bonds is 10. The van der Waals surface area contributed by atoms with Gasteiger partial charge in [-0.3, -0.25) is 4.79 Å². The number of quaternary nitrogens is 1. The van der Waals surface area contributed by atoms with Gasteiger partial charge >= 0.3 is 5.97 Å². The number of anilines is 1. The third-order valence-electron chi connectivity index (χ3n) is 8.40. The van der Waals surface area contributed by atoms with Crippen molar-refractivity contribution in [1.82, 2.24) is 0 Å². The molecule has 0 spiro atoms. The molecule has 3 aliphatic rings. The lowest BCUT2D eigenvalue weighted by atomic mass is 9.82. The van der Waals surface area contributed by atoms with Crippen LogP contribution in [0.15, 0.2) is 115 Å². The number of para-hydroxylation sites is 2. The fourth-order valence-corrected chi connectivity index (χ4v) is 6.15. The maximum atomic E-state index is 13.6. The maximum absolute atomic E-state index is 13.6. The van der Waals surface area contributed by atoms with Gasteiger partial charge < -0.3 is 19.3 Å². The number of hydrogen-bond acceptors (Lipinski definition) is 5. The molecule has 4 aromatic carbocycles. The summed E-state index contributed by atoms with van der Waals surface area (Å²) in [4.78, 5) is 27.0. The Bertz CT molecular complexity index is 1450. The molecule has 3 saturated heterocycles. The van der Waals surface area contributed by atoms with E-state index < -0.39 is 6.04 Å². The molecule has 1 N–H and O–H groups in total. The van der Waals surface area contributed by atoms with Crippen molar-refractivity contribution in [3.8, 4) is 11.5 Å². The summed E-state index contributed by atoms with van der Waals surface area (Å²) in [6, 6.07) is 35.8. The number of esters is 1. The molecule has 41 heavy (non-hydrogen) atoms. The van der Waals surface area contributed by atoms with Crippen LogP contribution in [-0.2, 0) is 9.53 Å². The molecule has 0 radical (unpaired) electrons. The van der Waals surface area contributed by atoms with E-state index in [1.807, 2.05) is 115 Å². The van der Waals surface area contributed by atoms with Crippen LogP contribution in [0.1, 0.15) is 34.8 Å². The lowest BCUT2D eigenvalue weighted by Crippen LogP contribution is -2.65. The first-order valence-corrected chi connectivity index (χ1v) is 14.4. The van der Waals surface area contributed by atoms with Crippen molar-refractivity contribution in [3.05, 3.63) is 126 Å². The van der Waals surface area contributed by atoms with E-state index in [9.17, 15) is 9.59 Å². The van der Waals surface area contributed by atoms with E-state index in [0.29, 0.717) is 34.8 Å². The Morgan fingerprint density at radius 3 is 2.00 bits per heavy atom. The number of nitrogens with zero attached hydrogens (tertiary/aromatic N) is 1. The monoisotopic (exact) mass is 547 g/mol. The normalized spacial score (nSPS) is 22.0. The van der Waals surface area contributed by atoms with Gasteiger partial charge in [-0.15, -0.1) is 0 Å². The van der Waals surface area contributed by atoms with E-state index in [2.05, 4.69) is 5.32 Å². The summed E-state index contributed by atoms with van der Waals surface area (Å²) in [5.41, 5.74) is 2.40. The predicted octanol–water partition coefficient (Wildman–Crippen LogP) is 6.67. The highest BCUT2D eigenvalue weighted by Crippen LogP contribution is 2.37. The van der Waals surface area contributed by atoms with Crippen LogP contribution in [0.25, 0.3) is 0 Å². The topological polar surface area (TPSA) is 64.6 Å². The second-order valence-corrected chi connectivity index (χ2v) is 11.2. The highest BCUT2D eigenvalue weighted by molar-refractivity contribution is 5.97. The first-order chi connectivity index (χ1) is 20.1. The van der Waals surface area contributed by atoms with Gasteiger partial charge in [0.1, 0.15) is 24.6 Å². The molecule has 4 aromatic rings. The van der Waals surface area contributed by atoms with Crippen molar-refractivity contribution >= 4 is 17.4 Å². The Balaban J connectivity index is 1.12. The molecule has 0 saturated carbocycles. The largest absolute Gasteiger partial charge is 0.457 e. The molecule has 0 amide bonds. The van der Waals surface area contributed by atoms with E-state index in [1.54, 1.807) is 0 Å². The molecule has 3 fully saturated rings. The van der Waals surface area contributed by atoms with Gasteiger partial charge in [0.15, 0.2) is 12.1 Å². The summed E-state index contributed by atoms with van der Waals surface area (Å²) in [6.45, 7) is 2.95. The number of nitrogens with one attached hydrogen (secondary N) is 1. The fourth-order valence-electron chi connectivity index (χ4n) is 6.15. The van der Waals surface area contributed by atoms with Crippen LogP contribution in [0.4, 0.5) is 5.69 Å². The molecule has 2 atom stereocenters. The van der Waals surface area contributed by atoms with E-state index in [4.69, 9.17) is 9.47 Å². The van der Waals surface area contributed by atoms with Crippen molar-refractivity contribution in [1.29, 1.82) is 0 Å². The maximum Gasteiger partial charge on any atom is 0.333 e. The zero-order valence-corrected chi connectivity index (χ0v) is 23.0. The van der Waals surface area contributed by atoms with E-state index in [-0.39, 0.29) is 17.9 Å². The van der Waals surface area contributed by atoms with Crippen LogP contribution < -0.4 is 10.1 Å². The molecule has 3 heterocycles. The van der Waals surface area contributed by atoms with E-state index >= 15 is 0 Å². The number of ether oxygens (including phenoxy) is 2. The van der Waals surface area contributed by atoms with Crippen LogP contribution in [0.5, 0.6) is 11.5 Å². The minimum Gasteiger partial charge on any atom is -0.457 e. The zero-order valence-electron chi connectivity index (χ0n) is 23.0. The summed E-state index contributed by atoms with van der Waals surface area (Å²) in [5.74, 6) is 1.61. The molecule has 2 bridgehead atoms. The zero-order chi connectivity index (χ0) is 28.1. The first kappa shape index (κ1) is 26.8. The molecule has 0 aliphatic carbocycles. The number of piperidine rings is 3.